The van der Waals surface area contributed by atoms with E-state index in [0.717, 1.165) is 40.1 Å². The summed E-state index contributed by atoms with van der Waals surface area (Å²) in [6, 6.07) is 9.47. The molecule has 2 aromatic heterocycles. The second-order valence-electron chi connectivity index (χ2n) is 5.99. The highest BCUT2D eigenvalue weighted by molar-refractivity contribution is 5.76. The van der Waals surface area contributed by atoms with Crippen LogP contribution in [0.25, 0.3) is 17.5 Å². The van der Waals surface area contributed by atoms with E-state index in [-0.39, 0.29) is 6.79 Å². The number of rotatable bonds is 5. The maximum Gasteiger partial charge on any atom is 0.231 e. The van der Waals surface area contributed by atoms with Crippen molar-refractivity contribution in [2.24, 2.45) is 7.05 Å². The highest BCUT2D eigenvalue weighted by atomic mass is 16.7. The number of fused-ring (bicyclic) bond motifs is 1. The molecule has 26 heavy (non-hydrogen) atoms. The molecule has 0 spiro atoms. The molecular weight excluding hydrogens is 330 g/mol. The van der Waals surface area contributed by atoms with Crippen molar-refractivity contribution in [3.05, 3.63) is 60.6 Å². The summed E-state index contributed by atoms with van der Waals surface area (Å²) in [5.41, 5.74) is 2.64. The lowest BCUT2D eigenvalue weighted by molar-refractivity contribution is 0.174. The van der Waals surface area contributed by atoms with E-state index < -0.39 is 0 Å². The molecule has 1 aliphatic heterocycles. The number of aromatic nitrogens is 2. The van der Waals surface area contributed by atoms with Crippen molar-refractivity contribution in [3.8, 4) is 23.0 Å². The molecule has 0 fully saturated rings. The van der Waals surface area contributed by atoms with Crippen LogP contribution in [-0.2, 0) is 7.05 Å². The first-order valence-electron chi connectivity index (χ1n) is 8.23. The Labute approximate surface area is 151 Å². The van der Waals surface area contributed by atoms with Crippen molar-refractivity contribution in [1.29, 1.82) is 0 Å². The standard InChI is InChI=1S/C20H19N3O3/c1-4-13(2)10-18-22-19(16-6-5-9-24-16)20(23(18)3)21-14-7-8-15-17(11-14)26-12-25-15/h4-11,21H,1,12H2,2-3H3. The Morgan fingerprint density at radius 3 is 2.88 bits per heavy atom. The van der Waals surface area contributed by atoms with E-state index in [1.54, 1.807) is 12.3 Å². The number of hydrogen-bond donors (Lipinski definition) is 1. The fourth-order valence-electron chi connectivity index (χ4n) is 2.75. The van der Waals surface area contributed by atoms with Gasteiger partial charge >= 0.3 is 0 Å². The Balaban J connectivity index is 1.77. The molecule has 6 nitrogen and oxygen atoms in total. The van der Waals surface area contributed by atoms with Crippen LogP contribution in [0, 0.1) is 0 Å². The lowest BCUT2D eigenvalue weighted by atomic mass is 10.2. The summed E-state index contributed by atoms with van der Waals surface area (Å²) in [7, 11) is 1.96. The molecule has 132 valence electrons. The summed E-state index contributed by atoms with van der Waals surface area (Å²) in [6.45, 7) is 6.03. The van der Waals surface area contributed by atoms with Gasteiger partial charge in [-0.15, -0.1) is 0 Å². The van der Waals surface area contributed by atoms with Gasteiger partial charge in [0.15, 0.2) is 17.3 Å². The fourth-order valence-corrected chi connectivity index (χ4v) is 2.75. The van der Waals surface area contributed by atoms with Crippen molar-refractivity contribution in [3.63, 3.8) is 0 Å². The Kier molecular flexibility index (Phi) is 4.01. The van der Waals surface area contributed by atoms with Crippen molar-refractivity contribution < 1.29 is 13.9 Å². The summed E-state index contributed by atoms with van der Waals surface area (Å²) in [4.78, 5) is 4.74. The van der Waals surface area contributed by atoms with Crippen LogP contribution >= 0.6 is 0 Å². The molecule has 0 saturated carbocycles. The summed E-state index contributed by atoms with van der Waals surface area (Å²) in [5.74, 6) is 3.79. The number of hydrogen-bond acceptors (Lipinski definition) is 5. The van der Waals surface area contributed by atoms with Gasteiger partial charge < -0.3 is 23.8 Å². The third-order valence-corrected chi connectivity index (χ3v) is 4.20. The first-order chi connectivity index (χ1) is 12.7. The highest BCUT2D eigenvalue weighted by Gasteiger charge is 2.19. The van der Waals surface area contributed by atoms with Gasteiger partial charge in [0.2, 0.25) is 6.79 Å². The van der Waals surface area contributed by atoms with Crippen LogP contribution < -0.4 is 14.8 Å². The van der Waals surface area contributed by atoms with E-state index in [9.17, 15) is 0 Å². The SMILES string of the molecule is C=CC(C)=Cc1nc(-c2ccco2)c(Nc2ccc3c(c2)OCO3)n1C. The second kappa shape index (κ2) is 6.48. The van der Waals surface area contributed by atoms with Gasteiger partial charge in [-0.2, -0.15) is 0 Å². The van der Waals surface area contributed by atoms with Gasteiger partial charge in [-0.25, -0.2) is 4.98 Å². The zero-order chi connectivity index (χ0) is 18.1. The predicted molar refractivity (Wildman–Crippen MR) is 101 cm³/mol. The van der Waals surface area contributed by atoms with Crippen LogP contribution in [0.3, 0.4) is 0 Å². The molecule has 0 aliphatic carbocycles. The van der Waals surface area contributed by atoms with Crippen molar-refractivity contribution in [2.45, 2.75) is 6.92 Å². The largest absolute Gasteiger partial charge is 0.463 e. The van der Waals surface area contributed by atoms with Crippen molar-refractivity contribution >= 4 is 17.6 Å². The van der Waals surface area contributed by atoms with Gasteiger partial charge in [0.05, 0.1) is 6.26 Å². The fraction of sp³-hybridized carbons (Fsp3) is 0.150. The maximum absolute atomic E-state index is 5.57. The minimum absolute atomic E-state index is 0.248. The summed E-state index contributed by atoms with van der Waals surface area (Å²) >= 11 is 0. The number of ether oxygens (including phenoxy) is 2. The molecule has 0 atom stereocenters. The van der Waals surface area contributed by atoms with Crippen LogP contribution in [0.2, 0.25) is 0 Å². The zero-order valence-corrected chi connectivity index (χ0v) is 14.7. The molecule has 4 rings (SSSR count). The molecule has 3 aromatic rings. The van der Waals surface area contributed by atoms with Crippen molar-refractivity contribution in [1.82, 2.24) is 9.55 Å². The van der Waals surface area contributed by atoms with Crippen LogP contribution in [-0.4, -0.2) is 16.3 Å². The Hall–Kier alpha value is -3.41. The molecule has 0 saturated heterocycles. The molecule has 3 heterocycles. The van der Waals surface area contributed by atoms with Gasteiger partial charge in [0.25, 0.3) is 0 Å². The molecule has 1 aromatic carbocycles. The van der Waals surface area contributed by atoms with Gasteiger partial charge in [-0.1, -0.05) is 12.7 Å². The van der Waals surface area contributed by atoms with Crippen molar-refractivity contribution in [2.75, 3.05) is 12.1 Å². The smallest absolute Gasteiger partial charge is 0.231 e. The minimum atomic E-state index is 0.248. The number of anilines is 2. The van der Waals surface area contributed by atoms with Gasteiger partial charge in [-0.3, -0.25) is 0 Å². The molecule has 0 bridgehead atoms. The van der Waals surface area contributed by atoms with Gasteiger partial charge in [0.1, 0.15) is 17.3 Å². The van der Waals surface area contributed by atoms with Gasteiger partial charge in [0, 0.05) is 18.8 Å². The van der Waals surface area contributed by atoms with Crippen LogP contribution in [0.1, 0.15) is 12.7 Å². The summed E-state index contributed by atoms with van der Waals surface area (Å²) in [5, 5.41) is 3.42. The number of imidazole rings is 1. The van der Waals surface area contributed by atoms with Crippen LogP contribution in [0.5, 0.6) is 11.5 Å². The molecule has 0 amide bonds. The third-order valence-electron chi connectivity index (χ3n) is 4.20. The monoisotopic (exact) mass is 349 g/mol. The van der Waals surface area contributed by atoms with E-state index in [1.807, 2.05) is 54.9 Å². The molecule has 0 unspecified atom stereocenters. The molecular formula is C20H19N3O3. The number of allylic oxidation sites excluding steroid dienone is 2. The van der Waals surface area contributed by atoms with E-state index in [1.165, 1.54) is 0 Å². The van der Waals surface area contributed by atoms with E-state index in [0.29, 0.717) is 5.76 Å². The first kappa shape index (κ1) is 16.1. The third kappa shape index (κ3) is 2.86. The minimum Gasteiger partial charge on any atom is -0.463 e. The Morgan fingerprint density at radius 2 is 2.12 bits per heavy atom. The van der Waals surface area contributed by atoms with Crippen LogP contribution in [0.15, 0.2) is 59.2 Å². The highest BCUT2D eigenvalue weighted by Crippen LogP contribution is 2.37. The lowest BCUT2D eigenvalue weighted by Gasteiger charge is -2.10. The first-order valence-corrected chi connectivity index (χ1v) is 8.23. The van der Waals surface area contributed by atoms with E-state index in [2.05, 4.69) is 11.9 Å². The average molecular weight is 349 g/mol. The molecule has 0 radical (unpaired) electrons. The molecule has 6 heteroatoms. The number of benzene rings is 1. The van der Waals surface area contributed by atoms with Gasteiger partial charge in [-0.05, 0) is 42.8 Å². The topological polar surface area (TPSA) is 61.5 Å². The average Bonchev–Trinajstić information content (AvgIpc) is 3.38. The molecule has 1 aliphatic rings. The number of nitrogens with one attached hydrogen (secondary N) is 1. The van der Waals surface area contributed by atoms with E-state index >= 15 is 0 Å². The number of nitrogens with zero attached hydrogens (tertiary/aromatic N) is 2. The summed E-state index contributed by atoms with van der Waals surface area (Å²) < 4.78 is 18.4. The molecule has 1 N–H and O–H groups in total. The lowest BCUT2D eigenvalue weighted by Crippen LogP contribution is -2.00. The zero-order valence-electron chi connectivity index (χ0n) is 14.7. The summed E-state index contributed by atoms with van der Waals surface area (Å²) in [6.07, 6.45) is 5.41. The van der Waals surface area contributed by atoms with Crippen LogP contribution in [0.4, 0.5) is 11.5 Å². The predicted octanol–water partition coefficient (Wildman–Crippen LogP) is 4.74. The maximum atomic E-state index is 5.57. The normalized spacial score (nSPS) is 13.1. The Bertz CT molecular complexity index is 984. The van der Waals surface area contributed by atoms with E-state index in [4.69, 9.17) is 18.9 Å². The number of furan rings is 1. The second-order valence-corrected chi connectivity index (χ2v) is 5.99. The Morgan fingerprint density at radius 1 is 1.27 bits per heavy atom. The quantitative estimate of drug-likeness (QED) is 0.674.